The summed E-state index contributed by atoms with van der Waals surface area (Å²) in [7, 11) is 5.18. The molecule has 3 rings (SSSR count). The zero-order valence-electron chi connectivity index (χ0n) is 18.9. The minimum Gasteiger partial charge on any atom is -0.468 e. The zero-order valence-corrected chi connectivity index (χ0v) is 18.9. The van der Waals surface area contributed by atoms with Crippen LogP contribution in [0.1, 0.15) is 38.7 Å². The number of carbonyl (C=O) groups excluding carboxylic acids is 3. The Morgan fingerprint density at radius 1 is 1.19 bits per heavy atom. The molecule has 0 radical (unpaired) electrons. The molecule has 1 aromatic carbocycles. The third kappa shape index (κ3) is 4.09. The SMILES string of the molecule is CCOC(=O)C1=C(C)NC2=C(C(=O)[C@H](C(=O)OC)[C@@H](C)C2)[C@@H]1c1ccc(N(C)C)cc1. The number of Topliss-reactive ketones (excluding diaryl/α,β-unsaturated/α-hetero) is 1. The highest BCUT2D eigenvalue weighted by molar-refractivity contribution is 6.12. The van der Waals surface area contributed by atoms with E-state index in [9.17, 15) is 14.4 Å². The van der Waals surface area contributed by atoms with Gasteiger partial charge < -0.3 is 19.7 Å². The van der Waals surface area contributed by atoms with Crippen molar-refractivity contribution >= 4 is 23.4 Å². The molecule has 7 heteroatoms. The third-order valence-electron chi connectivity index (χ3n) is 5.98. The number of esters is 2. The summed E-state index contributed by atoms with van der Waals surface area (Å²) in [5.41, 5.74) is 4.06. The Morgan fingerprint density at radius 3 is 2.39 bits per heavy atom. The van der Waals surface area contributed by atoms with Gasteiger partial charge in [-0.15, -0.1) is 0 Å². The van der Waals surface area contributed by atoms with Crippen molar-refractivity contribution in [2.75, 3.05) is 32.7 Å². The summed E-state index contributed by atoms with van der Waals surface area (Å²) in [6, 6.07) is 7.73. The maximum Gasteiger partial charge on any atom is 0.336 e. The Labute approximate surface area is 183 Å². The maximum atomic E-state index is 13.6. The second-order valence-corrected chi connectivity index (χ2v) is 8.24. The molecule has 0 spiro atoms. The molecule has 1 aliphatic carbocycles. The summed E-state index contributed by atoms with van der Waals surface area (Å²) in [6.45, 7) is 5.66. The lowest BCUT2D eigenvalue weighted by Gasteiger charge is -2.38. The number of rotatable bonds is 5. The number of carbonyl (C=O) groups is 3. The first-order valence-electron chi connectivity index (χ1n) is 10.5. The quantitative estimate of drug-likeness (QED) is 0.572. The minimum absolute atomic E-state index is 0.208. The number of methoxy groups -OCH3 is 1. The van der Waals surface area contributed by atoms with Gasteiger partial charge in [0.1, 0.15) is 5.92 Å². The molecule has 0 saturated carbocycles. The highest BCUT2D eigenvalue weighted by Crippen LogP contribution is 2.45. The lowest BCUT2D eigenvalue weighted by Crippen LogP contribution is -2.43. The molecule has 166 valence electrons. The lowest BCUT2D eigenvalue weighted by atomic mass is 9.69. The van der Waals surface area contributed by atoms with Gasteiger partial charge in [-0.1, -0.05) is 19.1 Å². The van der Waals surface area contributed by atoms with Crippen LogP contribution in [0.4, 0.5) is 5.69 Å². The van der Waals surface area contributed by atoms with Crippen LogP contribution in [0.2, 0.25) is 0 Å². The number of nitrogens with one attached hydrogen (secondary N) is 1. The van der Waals surface area contributed by atoms with E-state index < -0.39 is 23.8 Å². The molecule has 2 aliphatic rings. The van der Waals surface area contributed by atoms with Crippen LogP contribution in [0.15, 0.2) is 46.8 Å². The first kappa shape index (κ1) is 22.6. The topological polar surface area (TPSA) is 84.9 Å². The Kier molecular flexibility index (Phi) is 6.53. The molecule has 0 fully saturated rings. The molecule has 0 bridgehead atoms. The molecule has 0 unspecified atom stereocenters. The van der Waals surface area contributed by atoms with Gasteiger partial charge in [-0.05, 0) is 43.9 Å². The highest BCUT2D eigenvalue weighted by atomic mass is 16.5. The van der Waals surface area contributed by atoms with Gasteiger partial charge in [-0.25, -0.2) is 4.79 Å². The van der Waals surface area contributed by atoms with Crippen molar-refractivity contribution in [3.05, 3.63) is 52.4 Å². The molecule has 0 aromatic heterocycles. The van der Waals surface area contributed by atoms with Crippen molar-refractivity contribution in [2.45, 2.75) is 33.1 Å². The van der Waals surface area contributed by atoms with E-state index in [1.165, 1.54) is 7.11 Å². The molecular formula is C24H30N2O5. The van der Waals surface area contributed by atoms with Crippen molar-refractivity contribution in [2.24, 2.45) is 11.8 Å². The van der Waals surface area contributed by atoms with E-state index >= 15 is 0 Å². The van der Waals surface area contributed by atoms with Crippen LogP contribution in [0.25, 0.3) is 0 Å². The van der Waals surface area contributed by atoms with E-state index in [4.69, 9.17) is 9.47 Å². The molecule has 31 heavy (non-hydrogen) atoms. The monoisotopic (exact) mass is 426 g/mol. The second kappa shape index (κ2) is 8.96. The van der Waals surface area contributed by atoms with Crippen LogP contribution in [0.5, 0.6) is 0 Å². The van der Waals surface area contributed by atoms with Crippen molar-refractivity contribution in [1.29, 1.82) is 0 Å². The molecule has 7 nitrogen and oxygen atoms in total. The normalized spacial score (nSPS) is 23.2. The number of benzene rings is 1. The highest BCUT2D eigenvalue weighted by Gasteiger charge is 2.47. The fraction of sp³-hybridized carbons (Fsp3) is 0.458. The van der Waals surface area contributed by atoms with Gasteiger partial charge in [-0.2, -0.15) is 0 Å². The van der Waals surface area contributed by atoms with Gasteiger partial charge in [0.25, 0.3) is 0 Å². The number of ether oxygens (including phenoxy) is 2. The van der Waals surface area contributed by atoms with E-state index in [0.29, 0.717) is 23.3 Å². The van der Waals surface area contributed by atoms with Crippen LogP contribution in [0, 0.1) is 11.8 Å². The van der Waals surface area contributed by atoms with E-state index in [-0.39, 0.29) is 18.3 Å². The molecule has 1 aliphatic heterocycles. The third-order valence-corrected chi connectivity index (χ3v) is 5.98. The number of dihydropyridines is 1. The van der Waals surface area contributed by atoms with Crippen molar-refractivity contribution in [3.8, 4) is 0 Å². The summed E-state index contributed by atoms with van der Waals surface area (Å²) in [6.07, 6.45) is 0.514. The largest absolute Gasteiger partial charge is 0.468 e. The number of allylic oxidation sites excluding steroid dienone is 3. The average Bonchev–Trinajstić information content (AvgIpc) is 2.72. The van der Waals surface area contributed by atoms with Crippen LogP contribution in [-0.2, 0) is 23.9 Å². The number of hydrogen-bond acceptors (Lipinski definition) is 7. The molecular weight excluding hydrogens is 396 g/mol. The van der Waals surface area contributed by atoms with Gasteiger partial charge in [-0.3, -0.25) is 9.59 Å². The molecule has 3 atom stereocenters. The Bertz CT molecular complexity index is 959. The van der Waals surface area contributed by atoms with Crippen LogP contribution >= 0.6 is 0 Å². The Morgan fingerprint density at radius 2 is 1.84 bits per heavy atom. The molecule has 0 saturated heterocycles. The Hall–Kier alpha value is -3.09. The first-order chi connectivity index (χ1) is 14.7. The van der Waals surface area contributed by atoms with E-state index in [1.807, 2.05) is 57.1 Å². The number of hydrogen-bond donors (Lipinski definition) is 1. The van der Waals surface area contributed by atoms with Gasteiger partial charge in [0.15, 0.2) is 5.78 Å². The Balaban J connectivity index is 2.17. The zero-order chi connectivity index (χ0) is 22.9. The predicted molar refractivity (Wildman–Crippen MR) is 117 cm³/mol. The molecule has 0 amide bonds. The number of ketones is 1. The van der Waals surface area contributed by atoms with E-state index in [1.54, 1.807) is 6.92 Å². The summed E-state index contributed by atoms with van der Waals surface area (Å²) in [5, 5.41) is 3.25. The summed E-state index contributed by atoms with van der Waals surface area (Å²) in [5.74, 6) is -3.03. The molecule has 1 aromatic rings. The summed E-state index contributed by atoms with van der Waals surface area (Å²) in [4.78, 5) is 40.9. The molecule has 1 N–H and O–H groups in total. The minimum atomic E-state index is -0.893. The van der Waals surface area contributed by atoms with E-state index in [2.05, 4.69) is 5.32 Å². The van der Waals surface area contributed by atoms with Gasteiger partial charge >= 0.3 is 11.9 Å². The van der Waals surface area contributed by atoms with Crippen LogP contribution in [0.3, 0.4) is 0 Å². The van der Waals surface area contributed by atoms with E-state index in [0.717, 1.165) is 16.9 Å². The van der Waals surface area contributed by atoms with Crippen molar-refractivity contribution < 1.29 is 23.9 Å². The van der Waals surface area contributed by atoms with Crippen LogP contribution < -0.4 is 10.2 Å². The van der Waals surface area contributed by atoms with Crippen molar-refractivity contribution in [3.63, 3.8) is 0 Å². The lowest BCUT2D eigenvalue weighted by molar-refractivity contribution is -0.151. The fourth-order valence-corrected chi connectivity index (χ4v) is 4.46. The summed E-state index contributed by atoms with van der Waals surface area (Å²) < 4.78 is 10.2. The summed E-state index contributed by atoms with van der Waals surface area (Å²) >= 11 is 0. The smallest absolute Gasteiger partial charge is 0.336 e. The average molecular weight is 427 g/mol. The first-order valence-corrected chi connectivity index (χ1v) is 10.5. The van der Waals surface area contributed by atoms with Crippen LogP contribution in [-0.4, -0.2) is 45.5 Å². The van der Waals surface area contributed by atoms with Gasteiger partial charge in [0.05, 0.1) is 19.3 Å². The second-order valence-electron chi connectivity index (χ2n) is 8.24. The van der Waals surface area contributed by atoms with Gasteiger partial charge in [0, 0.05) is 42.7 Å². The maximum absolute atomic E-state index is 13.6. The van der Waals surface area contributed by atoms with Gasteiger partial charge in [0.2, 0.25) is 0 Å². The van der Waals surface area contributed by atoms with Crippen molar-refractivity contribution in [1.82, 2.24) is 5.32 Å². The molecule has 1 heterocycles. The number of nitrogens with zero attached hydrogens (tertiary/aromatic N) is 1. The number of anilines is 1. The standard InChI is InChI=1S/C24H30N2O5/c1-7-31-24(29)19-14(3)25-17-12-13(2)18(23(28)30-6)22(27)21(17)20(19)15-8-10-16(11-9-15)26(4)5/h8-11,13,18,20,25H,7,12H2,1-6H3/t13-,18+,20+/m0/s1. The predicted octanol–water partition coefficient (Wildman–Crippen LogP) is 2.93. The fourth-order valence-electron chi connectivity index (χ4n) is 4.46.